The summed E-state index contributed by atoms with van der Waals surface area (Å²) in [5.74, 6) is -2.65. The van der Waals surface area contributed by atoms with Crippen molar-refractivity contribution in [1.29, 1.82) is 0 Å². The number of hydrogen-bond acceptors (Lipinski definition) is 4. The lowest BCUT2D eigenvalue weighted by molar-refractivity contribution is 0.0694. The van der Waals surface area contributed by atoms with E-state index in [1.54, 1.807) is 0 Å². The largest absolute Gasteiger partial charge is 0.477 e. The number of fused-ring (bicyclic) bond motifs is 1. The van der Waals surface area contributed by atoms with Gasteiger partial charge in [0, 0.05) is 44.2 Å². The van der Waals surface area contributed by atoms with Crippen molar-refractivity contribution >= 4 is 34.2 Å². The molecule has 2 aromatic rings. The van der Waals surface area contributed by atoms with Gasteiger partial charge in [0.2, 0.25) is 5.43 Å². The van der Waals surface area contributed by atoms with Crippen LogP contribution in [0.5, 0.6) is 0 Å². The monoisotopic (exact) mass is 455 g/mol. The molecule has 0 unspecified atom stereocenters. The first-order valence-corrected chi connectivity index (χ1v) is 10.7. The van der Waals surface area contributed by atoms with Crippen LogP contribution in [-0.4, -0.2) is 53.7 Å². The molecule has 166 valence electrons. The maximum atomic E-state index is 15.1. The average molecular weight is 456 g/mol. The van der Waals surface area contributed by atoms with E-state index in [1.165, 1.54) is 9.47 Å². The highest BCUT2D eigenvalue weighted by Gasteiger charge is 2.42. The first kappa shape index (κ1) is 20.6. The van der Waals surface area contributed by atoms with Gasteiger partial charge in [-0.25, -0.2) is 18.0 Å². The van der Waals surface area contributed by atoms with Crippen LogP contribution >= 0.6 is 11.6 Å². The predicted octanol–water partition coefficient (Wildman–Crippen LogP) is 3.30. The molecular weight excluding hydrogens is 435 g/mol. The Morgan fingerprint density at radius 1 is 1.26 bits per heavy atom. The van der Waals surface area contributed by atoms with Gasteiger partial charge in [-0.05, 0) is 18.9 Å². The lowest BCUT2D eigenvalue weighted by Gasteiger charge is -2.23. The van der Waals surface area contributed by atoms with Crippen molar-refractivity contribution in [3.8, 4) is 0 Å². The summed E-state index contributed by atoms with van der Waals surface area (Å²) in [5.41, 5.74) is -1.43. The van der Waals surface area contributed by atoms with Crippen LogP contribution < -0.4 is 15.6 Å². The van der Waals surface area contributed by atoms with Crippen molar-refractivity contribution in [1.82, 2.24) is 9.88 Å². The van der Waals surface area contributed by atoms with Crippen LogP contribution in [0.2, 0.25) is 5.02 Å². The third kappa shape index (κ3) is 3.57. The molecular formula is C21H21ClF3N3O3. The van der Waals surface area contributed by atoms with E-state index in [0.717, 1.165) is 25.1 Å². The van der Waals surface area contributed by atoms with Crippen molar-refractivity contribution in [3.05, 3.63) is 38.9 Å². The minimum Gasteiger partial charge on any atom is -0.477 e. The van der Waals surface area contributed by atoms with Gasteiger partial charge in [0.1, 0.15) is 23.7 Å². The number of anilines is 1. The molecule has 2 aliphatic carbocycles. The van der Waals surface area contributed by atoms with Gasteiger partial charge in [0.05, 0.1) is 27.7 Å². The first-order valence-electron chi connectivity index (χ1n) is 10.3. The molecule has 0 bridgehead atoms. The number of carbonyl (C=O) groups is 1. The zero-order chi connectivity index (χ0) is 22.0. The van der Waals surface area contributed by atoms with Crippen molar-refractivity contribution in [3.63, 3.8) is 0 Å². The Bertz CT molecular complexity index is 1140. The Hall–Kier alpha value is -2.26. The van der Waals surface area contributed by atoms with Crippen LogP contribution in [0.25, 0.3) is 10.9 Å². The third-order valence-corrected chi connectivity index (χ3v) is 6.73. The molecule has 4 atom stereocenters. The Labute approximate surface area is 180 Å². The second kappa shape index (κ2) is 7.41. The number of carboxylic acids is 1. The van der Waals surface area contributed by atoms with Crippen LogP contribution in [0.15, 0.2) is 17.1 Å². The standard InChI is InChI=1S/C21H21ClF3N3O3/c22-17-18-11(20(29)12(21(30)31)7-28(18)16-4-13(16)23)3-14(24)19(17)27-6-9(15(25)8-27)5-26-10-1-2-10/h3,7,9-10,13,15-16,26H,1-2,4-6,8H2,(H,30,31)/t9-,13+,15-,16-/m1/s1. The fourth-order valence-electron chi connectivity index (χ4n) is 4.39. The van der Waals surface area contributed by atoms with Crippen LogP contribution in [0.1, 0.15) is 35.7 Å². The van der Waals surface area contributed by atoms with Crippen molar-refractivity contribution in [2.45, 2.75) is 43.7 Å². The van der Waals surface area contributed by atoms with E-state index in [2.05, 4.69) is 5.32 Å². The summed E-state index contributed by atoms with van der Waals surface area (Å²) in [4.78, 5) is 25.6. The van der Waals surface area contributed by atoms with Crippen LogP contribution in [0.3, 0.4) is 0 Å². The van der Waals surface area contributed by atoms with Crippen molar-refractivity contribution in [2.24, 2.45) is 5.92 Å². The van der Waals surface area contributed by atoms with Crippen LogP contribution in [0.4, 0.5) is 18.9 Å². The van der Waals surface area contributed by atoms with E-state index in [1.807, 2.05) is 0 Å². The normalized spacial score (nSPS) is 27.8. The van der Waals surface area contributed by atoms with Gasteiger partial charge in [-0.15, -0.1) is 0 Å². The number of aromatic nitrogens is 1. The van der Waals surface area contributed by atoms with Gasteiger partial charge in [-0.3, -0.25) is 4.79 Å². The van der Waals surface area contributed by atoms with Crippen LogP contribution in [-0.2, 0) is 0 Å². The first-order chi connectivity index (χ1) is 14.8. The molecule has 31 heavy (non-hydrogen) atoms. The summed E-state index contributed by atoms with van der Waals surface area (Å²) in [5, 5.41) is 12.3. The fraction of sp³-hybridized carbons (Fsp3) is 0.524. The highest BCUT2D eigenvalue weighted by molar-refractivity contribution is 6.38. The minimum atomic E-state index is -1.48. The molecule has 10 heteroatoms. The zero-order valence-corrected chi connectivity index (χ0v) is 17.2. The number of carboxylic acid groups (broad SMARTS) is 1. The lowest BCUT2D eigenvalue weighted by atomic mass is 10.1. The summed E-state index contributed by atoms with van der Waals surface area (Å²) in [6.07, 6.45) is 0.973. The number of hydrogen-bond donors (Lipinski definition) is 2. The smallest absolute Gasteiger partial charge is 0.341 e. The Balaban J connectivity index is 1.59. The molecule has 1 saturated heterocycles. The number of nitrogens with one attached hydrogen (secondary N) is 1. The van der Waals surface area contributed by atoms with Gasteiger partial charge >= 0.3 is 5.97 Å². The predicted molar refractivity (Wildman–Crippen MR) is 110 cm³/mol. The van der Waals surface area contributed by atoms with E-state index >= 15 is 4.39 Å². The van der Waals surface area contributed by atoms with Gasteiger partial charge < -0.3 is 19.9 Å². The summed E-state index contributed by atoms with van der Waals surface area (Å²) >= 11 is 6.54. The third-order valence-electron chi connectivity index (χ3n) is 6.38. The summed E-state index contributed by atoms with van der Waals surface area (Å²) in [6, 6.07) is 0.674. The average Bonchev–Trinajstić information content (AvgIpc) is 3.62. The van der Waals surface area contributed by atoms with E-state index < -0.39 is 41.2 Å². The second-order valence-electron chi connectivity index (χ2n) is 8.68. The Kier molecular flexibility index (Phi) is 4.93. The maximum absolute atomic E-state index is 15.1. The molecule has 2 N–H and O–H groups in total. The van der Waals surface area contributed by atoms with E-state index in [0.29, 0.717) is 12.6 Å². The molecule has 1 aromatic heterocycles. The molecule has 3 fully saturated rings. The minimum absolute atomic E-state index is 0.0435. The molecule has 6 nitrogen and oxygen atoms in total. The lowest BCUT2D eigenvalue weighted by Crippen LogP contribution is -2.30. The molecule has 0 radical (unpaired) electrons. The number of alkyl halides is 2. The number of halogens is 4. The van der Waals surface area contributed by atoms with Crippen LogP contribution in [0, 0.1) is 11.7 Å². The quantitative estimate of drug-likeness (QED) is 0.699. The van der Waals surface area contributed by atoms with E-state index in [9.17, 15) is 23.5 Å². The maximum Gasteiger partial charge on any atom is 0.341 e. The summed E-state index contributed by atoms with van der Waals surface area (Å²) in [6.45, 7) is 0.675. The number of rotatable bonds is 6. The van der Waals surface area contributed by atoms with E-state index in [-0.39, 0.29) is 47.0 Å². The molecule has 0 spiro atoms. The van der Waals surface area contributed by atoms with Crippen molar-refractivity contribution < 1.29 is 23.1 Å². The Morgan fingerprint density at radius 2 is 1.97 bits per heavy atom. The second-order valence-corrected chi connectivity index (χ2v) is 9.06. The SMILES string of the molecule is O=C(O)c1cn([C@@H]2C[C@@H]2F)c2c(Cl)c(N3C[C@@H](CNC4CC4)[C@H](F)C3)c(F)cc2c1=O. The molecule has 3 aliphatic rings. The Morgan fingerprint density at radius 3 is 2.58 bits per heavy atom. The zero-order valence-electron chi connectivity index (χ0n) is 16.5. The number of benzene rings is 1. The summed E-state index contributed by atoms with van der Waals surface area (Å²) in [7, 11) is 0. The molecule has 2 heterocycles. The van der Waals surface area contributed by atoms with E-state index in [4.69, 9.17) is 11.6 Å². The summed E-state index contributed by atoms with van der Waals surface area (Å²) < 4.78 is 44.9. The van der Waals surface area contributed by atoms with Gasteiger partial charge in [-0.2, -0.15) is 0 Å². The number of aromatic carboxylic acids is 1. The van der Waals surface area contributed by atoms with Gasteiger partial charge in [-0.1, -0.05) is 11.6 Å². The van der Waals surface area contributed by atoms with Gasteiger partial charge in [0.25, 0.3) is 0 Å². The number of pyridine rings is 1. The topological polar surface area (TPSA) is 74.6 Å². The molecule has 2 saturated carbocycles. The molecule has 1 aliphatic heterocycles. The molecule has 1 aromatic carbocycles. The van der Waals surface area contributed by atoms with Crippen molar-refractivity contribution in [2.75, 3.05) is 24.5 Å². The highest BCUT2D eigenvalue weighted by atomic mass is 35.5. The number of nitrogens with zero attached hydrogens (tertiary/aromatic N) is 2. The molecule has 5 rings (SSSR count). The fourth-order valence-corrected chi connectivity index (χ4v) is 4.80. The molecule has 0 amide bonds. The van der Waals surface area contributed by atoms with Gasteiger partial charge in [0.15, 0.2) is 0 Å². The highest BCUT2D eigenvalue weighted by Crippen LogP contribution is 2.44.